The molecule has 7 heteroatoms. The predicted molar refractivity (Wildman–Crippen MR) is 105 cm³/mol. The first-order valence-electron chi connectivity index (χ1n) is 9.16. The van der Waals surface area contributed by atoms with E-state index >= 15 is 0 Å². The summed E-state index contributed by atoms with van der Waals surface area (Å²) in [5, 5.41) is 6.15. The highest BCUT2D eigenvalue weighted by molar-refractivity contribution is 7.89. The highest BCUT2D eigenvalue weighted by atomic mass is 32.2. The average molecular weight is 382 g/mol. The Hall–Kier alpha value is -1.44. The van der Waals surface area contributed by atoms with Crippen LogP contribution in [-0.2, 0) is 14.8 Å². The van der Waals surface area contributed by atoms with Gasteiger partial charge >= 0.3 is 0 Å². The van der Waals surface area contributed by atoms with E-state index in [2.05, 4.69) is 15.4 Å². The van der Waals surface area contributed by atoms with E-state index < -0.39 is 15.4 Å². The van der Waals surface area contributed by atoms with Gasteiger partial charge in [0, 0.05) is 17.1 Å². The monoisotopic (exact) mass is 381 g/mol. The molecule has 0 radical (unpaired) electrons. The number of anilines is 1. The van der Waals surface area contributed by atoms with E-state index in [1.54, 1.807) is 25.1 Å². The van der Waals surface area contributed by atoms with Crippen LogP contribution in [0.25, 0.3) is 0 Å². The maximum atomic E-state index is 12.7. The quantitative estimate of drug-likeness (QED) is 0.732. The van der Waals surface area contributed by atoms with Gasteiger partial charge in [0.2, 0.25) is 15.9 Å². The lowest BCUT2D eigenvalue weighted by molar-refractivity contribution is -0.123. The Bertz CT molecular complexity index is 748. The summed E-state index contributed by atoms with van der Waals surface area (Å²) in [6, 6.07) is 4.70. The molecule has 1 aliphatic rings. The van der Waals surface area contributed by atoms with E-state index in [0.29, 0.717) is 11.6 Å². The molecule has 0 saturated carbocycles. The molecule has 0 bridgehead atoms. The Morgan fingerprint density at radius 3 is 2.38 bits per heavy atom. The van der Waals surface area contributed by atoms with Crippen molar-refractivity contribution >= 4 is 21.6 Å². The molecule has 1 heterocycles. The number of nitrogens with one attached hydrogen (secondary N) is 3. The molecule has 1 amide bonds. The van der Waals surface area contributed by atoms with E-state index in [-0.39, 0.29) is 16.8 Å². The molecule has 6 nitrogen and oxygen atoms in total. The zero-order chi connectivity index (χ0) is 19.5. The lowest BCUT2D eigenvalue weighted by Gasteiger charge is -2.28. The molecular weight excluding hydrogens is 350 g/mol. The zero-order valence-corrected chi connectivity index (χ0v) is 17.2. The van der Waals surface area contributed by atoms with Crippen LogP contribution in [0.2, 0.25) is 0 Å². The number of benzene rings is 1. The summed E-state index contributed by atoms with van der Waals surface area (Å²) in [6.07, 6.45) is 1.95. The second kappa shape index (κ2) is 8.06. The number of carbonyl (C=O) groups is 1. The van der Waals surface area contributed by atoms with E-state index in [4.69, 9.17) is 0 Å². The minimum absolute atomic E-state index is 0.103. The highest BCUT2D eigenvalue weighted by Gasteiger charge is 2.26. The van der Waals surface area contributed by atoms with Crippen LogP contribution in [0.1, 0.15) is 46.1 Å². The summed E-state index contributed by atoms with van der Waals surface area (Å²) in [4.78, 5) is 12.4. The van der Waals surface area contributed by atoms with Crippen molar-refractivity contribution in [3.05, 3.63) is 23.8 Å². The van der Waals surface area contributed by atoms with Gasteiger partial charge in [-0.2, -0.15) is 0 Å². The molecule has 1 aliphatic heterocycles. The molecule has 1 atom stereocenters. The first-order chi connectivity index (χ1) is 12.0. The van der Waals surface area contributed by atoms with Crippen molar-refractivity contribution in [2.45, 2.75) is 58.4 Å². The van der Waals surface area contributed by atoms with Crippen LogP contribution >= 0.6 is 0 Å². The van der Waals surface area contributed by atoms with Gasteiger partial charge in [-0.15, -0.1) is 0 Å². The van der Waals surface area contributed by atoms with Crippen LogP contribution in [-0.4, -0.2) is 33.5 Å². The molecule has 1 fully saturated rings. The summed E-state index contributed by atoms with van der Waals surface area (Å²) in [6.45, 7) is 11.1. The molecule has 0 aliphatic carbocycles. The molecule has 1 aromatic carbocycles. The first-order valence-corrected chi connectivity index (χ1v) is 10.6. The lowest BCUT2D eigenvalue weighted by atomic mass is 9.92. The normalized spacial score (nSPS) is 17.7. The number of piperidine rings is 1. The minimum Gasteiger partial charge on any atom is -0.325 e. The molecule has 26 heavy (non-hydrogen) atoms. The summed E-state index contributed by atoms with van der Waals surface area (Å²) >= 11 is 0. The Labute approximate surface area is 157 Å². The van der Waals surface area contributed by atoms with Crippen LogP contribution in [0.4, 0.5) is 5.69 Å². The Kier molecular flexibility index (Phi) is 6.47. The van der Waals surface area contributed by atoms with Crippen molar-refractivity contribution in [2.24, 2.45) is 11.3 Å². The van der Waals surface area contributed by atoms with Crippen LogP contribution < -0.4 is 15.4 Å². The van der Waals surface area contributed by atoms with Gasteiger partial charge in [0.05, 0.1) is 4.90 Å². The fraction of sp³-hybridized carbons (Fsp3) is 0.632. The highest BCUT2D eigenvalue weighted by Crippen LogP contribution is 2.24. The van der Waals surface area contributed by atoms with E-state index in [0.717, 1.165) is 31.5 Å². The van der Waals surface area contributed by atoms with Crippen molar-refractivity contribution in [1.82, 2.24) is 10.0 Å². The smallest absolute Gasteiger partial charge is 0.240 e. The molecule has 1 aromatic rings. The van der Waals surface area contributed by atoms with Crippen molar-refractivity contribution in [3.63, 3.8) is 0 Å². The van der Waals surface area contributed by atoms with Gasteiger partial charge in [-0.25, -0.2) is 13.1 Å². The van der Waals surface area contributed by atoms with E-state index in [1.165, 1.54) is 0 Å². The minimum atomic E-state index is -3.59. The number of carbonyl (C=O) groups excluding carboxylic acids is 1. The molecule has 146 valence electrons. The van der Waals surface area contributed by atoms with Gasteiger partial charge in [-0.1, -0.05) is 20.8 Å². The average Bonchev–Trinajstić information content (AvgIpc) is 2.56. The van der Waals surface area contributed by atoms with Gasteiger partial charge in [-0.3, -0.25) is 4.79 Å². The summed E-state index contributed by atoms with van der Waals surface area (Å²) in [5.41, 5.74) is 0.846. The zero-order valence-electron chi connectivity index (χ0n) is 16.3. The number of sulfonamides is 1. The third kappa shape index (κ3) is 5.28. The van der Waals surface area contributed by atoms with Gasteiger partial charge in [0.1, 0.15) is 0 Å². The van der Waals surface area contributed by atoms with Crippen molar-refractivity contribution in [2.75, 3.05) is 18.4 Å². The topological polar surface area (TPSA) is 87.3 Å². The number of hydrogen-bond acceptors (Lipinski definition) is 4. The van der Waals surface area contributed by atoms with Gasteiger partial charge in [0.15, 0.2) is 0 Å². The number of hydrogen-bond donors (Lipinski definition) is 3. The molecule has 0 unspecified atom stereocenters. The standard InChI is InChI=1S/C19H31N3O3S/c1-13-12-16(6-7-17(13)21-18(23)19(3,4)5)26(24,25)22-14(2)15-8-10-20-11-9-15/h6-7,12,14-15,20,22H,8-11H2,1-5H3,(H,21,23)/t14-/m1/s1. The molecular formula is C19H31N3O3S. The molecule has 1 saturated heterocycles. The predicted octanol–water partition coefficient (Wildman–Crippen LogP) is 2.65. The Balaban J connectivity index is 2.12. The largest absolute Gasteiger partial charge is 0.325 e. The number of aryl methyl sites for hydroxylation is 1. The third-order valence-corrected chi connectivity index (χ3v) is 6.43. The van der Waals surface area contributed by atoms with Gasteiger partial charge < -0.3 is 10.6 Å². The summed E-state index contributed by atoms with van der Waals surface area (Å²) in [5.74, 6) is 0.242. The maximum absolute atomic E-state index is 12.7. The van der Waals surface area contributed by atoms with E-state index in [9.17, 15) is 13.2 Å². The summed E-state index contributed by atoms with van der Waals surface area (Å²) in [7, 11) is -3.59. The Morgan fingerprint density at radius 1 is 1.23 bits per heavy atom. The van der Waals surface area contributed by atoms with Crippen molar-refractivity contribution < 1.29 is 13.2 Å². The first kappa shape index (κ1) is 20.9. The van der Waals surface area contributed by atoms with Crippen LogP contribution in [0.3, 0.4) is 0 Å². The fourth-order valence-corrected chi connectivity index (χ4v) is 4.40. The molecule has 2 rings (SSSR count). The van der Waals surface area contributed by atoms with E-state index in [1.807, 2.05) is 27.7 Å². The maximum Gasteiger partial charge on any atom is 0.240 e. The van der Waals surface area contributed by atoms with Gasteiger partial charge in [-0.05, 0) is 69.5 Å². The summed E-state index contributed by atoms with van der Waals surface area (Å²) < 4.78 is 28.2. The van der Waals surface area contributed by atoms with Crippen LogP contribution in [0, 0.1) is 18.3 Å². The Morgan fingerprint density at radius 2 is 1.85 bits per heavy atom. The number of amides is 1. The SMILES string of the molecule is Cc1cc(S(=O)(=O)N[C@H](C)C2CCNCC2)ccc1NC(=O)C(C)(C)C. The number of rotatable bonds is 5. The molecule has 3 N–H and O–H groups in total. The second-order valence-electron chi connectivity index (χ2n) is 8.18. The molecule has 0 spiro atoms. The fourth-order valence-electron chi connectivity index (χ4n) is 3.01. The van der Waals surface area contributed by atoms with Gasteiger partial charge in [0.25, 0.3) is 0 Å². The lowest BCUT2D eigenvalue weighted by Crippen LogP contribution is -2.42. The second-order valence-corrected chi connectivity index (χ2v) is 9.89. The molecule has 0 aromatic heterocycles. The third-order valence-electron chi connectivity index (χ3n) is 4.87. The van der Waals surface area contributed by atoms with Crippen molar-refractivity contribution in [3.8, 4) is 0 Å². The van der Waals surface area contributed by atoms with Crippen LogP contribution in [0.5, 0.6) is 0 Å². The van der Waals surface area contributed by atoms with Crippen LogP contribution in [0.15, 0.2) is 23.1 Å². The van der Waals surface area contributed by atoms with Crippen molar-refractivity contribution in [1.29, 1.82) is 0 Å².